The number of rotatable bonds is 7. The summed E-state index contributed by atoms with van der Waals surface area (Å²) in [5.41, 5.74) is 2.19. The zero-order valence-electron chi connectivity index (χ0n) is 18.8. The van der Waals surface area contributed by atoms with Gasteiger partial charge in [0, 0.05) is 23.2 Å². The van der Waals surface area contributed by atoms with E-state index >= 15 is 0 Å². The zero-order valence-corrected chi connectivity index (χ0v) is 19.6. The molecule has 0 radical (unpaired) electrons. The summed E-state index contributed by atoms with van der Waals surface area (Å²) in [4.78, 5) is 62.1. The Morgan fingerprint density at radius 1 is 1.14 bits per heavy atom. The van der Waals surface area contributed by atoms with Crippen molar-refractivity contribution in [2.24, 2.45) is 0 Å². The van der Waals surface area contributed by atoms with Crippen LogP contribution in [0.1, 0.15) is 36.9 Å². The van der Waals surface area contributed by atoms with Crippen LogP contribution in [0.3, 0.4) is 0 Å². The molecule has 0 bridgehead atoms. The van der Waals surface area contributed by atoms with Crippen LogP contribution in [0.25, 0.3) is 0 Å². The molecule has 4 rings (SSSR count). The Morgan fingerprint density at radius 2 is 1.89 bits per heavy atom. The highest BCUT2D eigenvalue weighted by molar-refractivity contribution is 6.30. The molecular weight excluding hydrogens is 472 g/mol. The molecule has 1 saturated heterocycles. The van der Waals surface area contributed by atoms with E-state index in [2.05, 4.69) is 16.0 Å². The highest BCUT2D eigenvalue weighted by Crippen LogP contribution is 2.24. The van der Waals surface area contributed by atoms with E-state index < -0.39 is 29.7 Å². The molecule has 2 atom stereocenters. The Labute approximate surface area is 206 Å². The van der Waals surface area contributed by atoms with Gasteiger partial charge in [0.1, 0.15) is 11.7 Å². The fourth-order valence-electron chi connectivity index (χ4n) is 4.00. The number of hydrogen-bond acceptors (Lipinski definition) is 6. The first kappa shape index (κ1) is 24.2. The summed E-state index contributed by atoms with van der Waals surface area (Å²) >= 11 is 5.88. The Balaban J connectivity index is 1.39. The average molecular weight is 495 g/mol. The number of nitrogens with zero attached hydrogens (tertiary/aromatic N) is 1. The molecule has 2 aromatic carbocycles. The molecule has 35 heavy (non-hydrogen) atoms. The summed E-state index contributed by atoms with van der Waals surface area (Å²) < 4.78 is 0. The van der Waals surface area contributed by atoms with Gasteiger partial charge in [-0.25, -0.2) is 0 Å². The van der Waals surface area contributed by atoms with Gasteiger partial charge in [-0.3, -0.25) is 34.2 Å². The SMILES string of the molecule is CC(NC(=O)Cc1ccc(Cl)cc1)c1cccc(NC2=CC(=O)N(C3CCC(=O)NC3=O)C2=O)c1. The van der Waals surface area contributed by atoms with Gasteiger partial charge < -0.3 is 10.6 Å². The maximum Gasteiger partial charge on any atom is 0.278 e. The van der Waals surface area contributed by atoms with Crippen molar-refractivity contribution >= 4 is 46.8 Å². The minimum Gasteiger partial charge on any atom is -0.351 e. The van der Waals surface area contributed by atoms with Gasteiger partial charge in [-0.2, -0.15) is 0 Å². The van der Waals surface area contributed by atoms with E-state index in [0.717, 1.165) is 22.1 Å². The van der Waals surface area contributed by atoms with Crippen LogP contribution >= 0.6 is 11.6 Å². The van der Waals surface area contributed by atoms with Crippen LogP contribution in [0.2, 0.25) is 5.02 Å². The molecule has 2 aliphatic rings. The van der Waals surface area contributed by atoms with E-state index in [1.54, 1.807) is 42.5 Å². The van der Waals surface area contributed by atoms with Crippen LogP contribution < -0.4 is 16.0 Å². The number of amides is 5. The lowest BCUT2D eigenvalue weighted by Crippen LogP contribution is -2.54. The summed E-state index contributed by atoms with van der Waals surface area (Å²) in [6, 6.07) is 12.8. The second-order valence-electron chi connectivity index (χ2n) is 8.38. The van der Waals surface area contributed by atoms with Gasteiger partial charge in [0.15, 0.2) is 0 Å². The Bertz CT molecular complexity index is 1240. The molecule has 180 valence electrons. The molecule has 1 fully saturated rings. The molecule has 3 N–H and O–H groups in total. The topological polar surface area (TPSA) is 125 Å². The highest BCUT2D eigenvalue weighted by atomic mass is 35.5. The largest absolute Gasteiger partial charge is 0.351 e. The lowest BCUT2D eigenvalue weighted by atomic mass is 10.0. The average Bonchev–Trinajstić information content (AvgIpc) is 3.08. The molecule has 2 heterocycles. The summed E-state index contributed by atoms with van der Waals surface area (Å²) in [5, 5.41) is 8.63. The van der Waals surface area contributed by atoms with E-state index in [9.17, 15) is 24.0 Å². The molecular formula is C25H23ClN4O5. The van der Waals surface area contributed by atoms with Crippen LogP contribution in [0.5, 0.6) is 0 Å². The fourth-order valence-corrected chi connectivity index (χ4v) is 4.13. The lowest BCUT2D eigenvalue weighted by Gasteiger charge is -2.28. The monoisotopic (exact) mass is 494 g/mol. The van der Waals surface area contributed by atoms with E-state index in [-0.39, 0.29) is 36.9 Å². The van der Waals surface area contributed by atoms with Crippen molar-refractivity contribution in [3.63, 3.8) is 0 Å². The summed E-state index contributed by atoms with van der Waals surface area (Å²) in [6.07, 6.45) is 1.49. The molecule has 2 unspecified atom stereocenters. The Hall–Kier alpha value is -3.98. The second-order valence-corrected chi connectivity index (χ2v) is 8.82. The van der Waals surface area contributed by atoms with Crippen molar-refractivity contribution in [1.82, 2.24) is 15.5 Å². The highest BCUT2D eigenvalue weighted by Gasteiger charge is 2.42. The van der Waals surface area contributed by atoms with Crippen molar-refractivity contribution in [3.05, 3.63) is 76.5 Å². The van der Waals surface area contributed by atoms with Gasteiger partial charge >= 0.3 is 0 Å². The summed E-state index contributed by atoms with van der Waals surface area (Å²) in [7, 11) is 0. The number of nitrogens with one attached hydrogen (secondary N) is 3. The van der Waals surface area contributed by atoms with Crippen LogP contribution in [0.4, 0.5) is 5.69 Å². The maximum atomic E-state index is 12.8. The number of imide groups is 2. The molecule has 2 aliphatic heterocycles. The first-order valence-corrected chi connectivity index (χ1v) is 11.4. The summed E-state index contributed by atoms with van der Waals surface area (Å²) in [5.74, 6) is -2.51. The van der Waals surface area contributed by atoms with Gasteiger partial charge in [-0.15, -0.1) is 0 Å². The standard InChI is InChI=1S/C25H23ClN4O5/c1-14(27-22(32)11-15-5-7-17(26)8-6-15)16-3-2-4-18(12-16)28-19-13-23(33)30(25(19)35)20-9-10-21(31)29-24(20)34/h2-8,12-14,20,28H,9-11H2,1H3,(H,27,32)(H,29,31,34). The smallest absolute Gasteiger partial charge is 0.278 e. The molecule has 10 heteroatoms. The quantitative estimate of drug-likeness (QED) is 0.507. The predicted octanol–water partition coefficient (Wildman–Crippen LogP) is 2.23. The number of anilines is 1. The zero-order chi connectivity index (χ0) is 25.1. The first-order valence-electron chi connectivity index (χ1n) is 11.0. The Kier molecular flexibility index (Phi) is 6.97. The van der Waals surface area contributed by atoms with Gasteiger partial charge in [0.25, 0.3) is 11.8 Å². The van der Waals surface area contributed by atoms with Crippen molar-refractivity contribution in [2.45, 2.75) is 38.3 Å². The molecule has 5 amide bonds. The normalized spacial score (nSPS) is 18.7. The van der Waals surface area contributed by atoms with E-state index in [4.69, 9.17) is 11.6 Å². The van der Waals surface area contributed by atoms with Crippen LogP contribution in [0, 0.1) is 0 Å². The van der Waals surface area contributed by atoms with E-state index in [1.165, 1.54) is 0 Å². The molecule has 2 aromatic rings. The van der Waals surface area contributed by atoms with Crippen LogP contribution in [0.15, 0.2) is 60.3 Å². The van der Waals surface area contributed by atoms with Crippen LogP contribution in [-0.4, -0.2) is 40.5 Å². The number of carbonyl (C=O) groups is 5. The third-order valence-corrected chi connectivity index (χ3v) is 6.05. The molecule has 0 aromatic heterocycles. The minimum atomic E-state index is -1.02. The Morgan fingerprint density at radius 3 is 2.60 bits per heavy atom. The number of benzene rings is 2. The van der Waals surface area contributed by atoms with Gasteiger partial charge in [0.05, 0.1) is 12.5 Å². The number of hydrogen-bond donors (Lipinski definition) is 3. The van der Waals surface area contributed by atoms with Crippen molar-refractivity contribution < 1.29 is 24.0 Å². The maximum absolute atomic E-state index is 12.8. The molecule has 0 spiro atoms. The van der Waals surface area contributed by atoms with Crippen LogP contribution in [-0.2, 0) is 30.4 Å². The molecule has 0 saturated carbocycles. The molecule has 0 aliphatic carbocycles. The van der Waals surface area contributed by atoms with Gasteiger partial charge in [-0.1, -0.05) is 35.9 Å². The number of carbonyl (C=O) groups excluding carboxylic acids is 5. The number of halogens is 1. The summed E-state index contributed by atoms with van der Waals surface area (Å²) in [6.45, 7) is 1.84. The first-order chi connectivity index (χ1) is 16.7. The van der Waals surface area contributed by atoms with Crippen molar-refractivity contribution in [3.8, 4) is 0 Å². The van der Waals surface area contributed by atoms with Gasteiger partial charge in [0.2, 0.25) is 17.7 Å². The minimum absolute atomic E-state index is 0.0243. The number of piperidine rings is 1. The third-order valence-electron chi connectivity index (χ3n) is 5.80. The van der Waals surface area contributed by atoms with E-state index in [0.29, 0.717) is 10.7 Å². The lowest BCUT2D eigenvalue weighted by molar-refractivity contribution is -0.149. The third kappa shape index (κ3) is 5.58. The van der Waals surface area contributed by atoms with Crippen molar-refractivity contribution in [2.75, 3.05) is 5.32 Å². The molecule has 9 nitrogen and oxygen atoms in total. The van der Waals surface area contributed by atoms with Gasteiger partial charge in [-0.05, 0) is 48.7 Å². The van der Waals surface area contributed by atoms with Crippen molar-refractivity contribution in [1.29, 1.82) is 0 Å². The van der Waals surface area contributed by atoms with E-state index in [1.807, 2.05) is 13.0 Å². The predicted molar refractivity (Wildman–Crippen MR) is 128 cm³/mol. The second kappa shape index (κ2) is 10.1. The fraction of sp³-hybridized carbons (Fsp3) is 0.240.